The van der Waals surface area contributed by atoms with E-state index in [4.69, 9.17) is 14.3 Å². The van der Waals surface area contributed by atoms with Crippen LogP contribution in [0.25, 0.3) is 0 Å². The summed E-state index contributed by atoms with van der Waals surface area (Å²) in [6.45, 7) is -2.71. The van der Waals surface area contributed by atoms with Gasteiger partial charge in [0.1, 0.15) is 12.4 Å². The second-order valence-electron chi connectivity index (χ2n) is 4.75. The Morgan fingerprint density at radius 1 is 1.04 bits per heavy atom. The van der Waals surface area contributed by atoms with Crippen LogP contribution >= 0.6 is 15.9 Å². The Balaban J connectivity index is 2.01. The van der Waals surface area contributed by atoms with Crippen LogP contribution in [-0.4, -0.2) is 27.0 Å². The number of ether oxygens (including phenoxy) is 3. The van der Waals surface area contributed by atoms with E-state index >= 15 is 0 Å². The van der Waals surface area contributed by atoms with Crippen LogP contribution in [0.4, 0.5) is 8.78 Å². The van der Waals surface area contributed by atoms with E-state index in [0.717, 1.165) is 10.0 Å². The van der Waals surface area contributed by atoms with Crippen molar-refractivity contribution in [3.05, 3.63) is 52.0 Å². The second kappa shape index (κ2) is 9.22. The molecule has 0 saturated heterocycles. The summed E-state index contributed by atoms with van der Waals surface area (Å²) in [7, 11) is 2.94. The van der Waals surface area contributed by atoms with Gasteiger partial charge in [0.2, 0.25) is 0 Å². The Morgan fingerprint density at radius 2 is 1.76 bits per heavy atom. The topological polar surface area (TPSA) is 49.3 Å². The molecule has 0 saturated carbocycles. The lowest BCUT2D eigenvalue weighted by Crippen LogP contribution is -2.03. The minimum absolute atomic E-state index is 0.0468. The van der Waals surface area contributed by atoms with Gasteiger partial charge in [-0.25, -0.2) is 0 Å². The molecule has 0 aromatic heterocycles. The van der Waals surface area contributed by atoms with Crippen molar-refractivity contribution in [3.63, 3.8) is 0 Å². The molecule has 0 bridgehead atoms. The van der Waals surface area contributed by atoms with Gasteiger partial charge in [0.05, 0.1) is 20.4 Å². The van der Waals surface area contributed by atoms with E-state index in [1.54, 1.807) is 13.2 Å². The maximum Gasteiger partial charge on any atom is 0.387 e. The van der Waals surface area contributed by atoms with Gasteiger partial charge < -0.3 is 19.0 Å². The summed E-state index contributed by atoms with van der Waals surface area (Å²) in [5.74, 6) is 0.820. The van der Waals surface area contributed by atoms with Crippen LogP contribution < -0.4 is 14.2 Å². The number of benzene rings is 2. The molecule has 134 valence electrons. The number of hydrogen-bond donors (Lipinski definition) is 0. The lowest BCUT2D eigenvalue weighted by Gasteiger charge is -2.10. The highest BCUT2D eigenvalue weighted by Gasteiger charge is 2.10. The number of methoxy groups -OCH3 is 2. The first-order chi connectivity index (χ1) is 12.0. The first kappa shape index (κ1) is 19.0. The highest BCUT2D eigenvalue weighted by molar-refractivity contribution is 9.10. The molecule has 0 aliphatic carbocycles. The summed E-state index contributed by atoms with van der Waals surface area (Å²) < 4.78 is 40.1. The smallest absolute Gasteiger partial charge is 0.387 e. The molecule has 0 aliphatic rings. The molecule has 2 aromatic carbocycles. The van der Waals surface area contributed by atoms with E-state index in [2.05, 4.69) is 25.8 Å². The van der Waals surface area contributed by atoms with Crippen LogP contribution in [0, 0.1) is 0 Å². The van der Waals surface area contributed by atoms with Crippen LogP contribution in [0.1, 0.15) is 11.1 Å². The third kappa shape index (κ3) is 5.60. The number of halogens is 3. The third-order valence-electron chi connectivity index (χ3n) is 3.14. The standard InChI is InChI=1S/C17H16BrF2NO4/c1-22-14-6-4-13(18)8-12(14)10-24-21-9-11-3-5-15(25-17(19)20)16(7-11)23-2/h3-9,17H,10H2,1-2H3/b21-9+. The minimum Gasteiger partial charge on any atom is -0.496 e. The first-order valence-electron chi connectivity index (χ1n) is 7.14. The summed E-state index contributed by atoms with van der Waals surface area (Å²) in [6, 6.07) is 10.0. The highest BCUT2D eigenvalue weighted by atomic mass is 79.9. The van der Waals surface area contributed by atoms with Crippen LogP contribution in [0.5, 0.6) is 17.2 Å². The molecule has 0 N–H and O–H groups in total. The average molecular weight is 416 g/mol. The van der Waals surface area contributed by atoms with Crippen LogP contribution in [0.15, 0.2) is 46.0 Å². The van der Waals surface area contributed by atoms with Crippen molar-refractivity contribution in [2.24, 2.45) is 5.16 Å². The zero-order valence-electron chi connectivity index (χ0n) is 13.5. The summed E-state index contributed by atoms with van der Waals surface area (Å²) in [4.78, 5) is 5.27. The lowest BCUT2D eigenvalue weighted by atomic mass is 10.2. The molecule has 8 heteroatoms. The van der Waals surface area contributed by atoms with Gasteiger partial charge in [0.15, 0.2) is 11.5 Å². The van der Waals surface area contributed by atoms with Gasteiger partial charge in [-0.3, -0.25) is 0 Å². The molecule has 25 heavy (non-hydrogen) atoms. The Hall–Kier alpha value is -2.35. The van der Waals surface area contributed by atoms with Gasteiger partial charge in [-0.2, -0.15) is 8.78 Å². The molecule has 2 rings (SSSR count). The Morgan fingerprint density at radius 3 is 2.44 bits per heavy atom. The Kier molecular flexibility index (Phi) is 7.00. The molecule has 0 aliphatic heterocycles. The van der Waals surface area contributed by atoms with Crippen molar-refractivity contribution in [3.8, 4) is 17.2 Å². The highest BCUT2D eigenvalue weighted by Crippen LogP contribution is 2.29. The summed E-state index contributed by atoms with van der Waals surface area (Å²) in [5, 5.41) is 3.87. The van der Waals surface area contributed by atoms with Crippen LogP contribution in [0.3, 0.4) is 0 Å². The predicted molar refractivity (Wildman–Crippen MR) is 92.7 cm³/mol. The molecule has 0 spiro atoms. The summed E-state index contributed by atoms with van der Waals surface area (Å²) in [5.41, 5.74) is 1.44. The fourth-order valence-corrected chi connectivity index (χ4v) is 2.43. The van der Waals surface area contributed by atoms with E-state index in [0.29, 0.717) is 11.3 Å². The maximum absolute atomic E-state index is 12.3. The molecule has 0 unspecified atom stereocenters. The number of rotatable bonds is 8. The van der Waals surface area contributed by atoms with Gasteiger partial charge in [0, 0.05) is 15.6 Å². The van der Waals surface area contributed by atoms with Crippen molar-refractivity contribution in [1.82, 2.24) is 0 Å². The van der Waals surface area contributed by atoms with Crippen molar-refractivity contribution in [2.45, 2.75) is 13.2 Å². The number of hydrogen-bond acceptors (Lipinski definition) is 5. The number of nitrogens with zero attached hydrogens (tertiary/aromatic N) is 1. The molecular weight excluding hydrogens is 400 g/mol. The van der Waals surface area contributed by atoms with Crippen molar-refractivity contribution < 1.29 is 27.8 Å². The molecule has 0 amide bonds. The molecule has 0 fully saturated rings. The quantitative estimate of drug-likeness (QED) is 0.466. The second-order valence-corrected chi connectivity index (χ2v) is 5.67. The molecule has 5 nitrogen and oxygen atoms in total. The van der Waals surface area contributed by atoms with E-state index in [-0.39, 0.29) is 18.1 Å². The summed E-state index contributed by atoms with van der Waals surface area (Å²) >= 11 is 3.38. The number of alkyl halides is 2. The minimum atomic E-state index is -2.92. The van der Waals surface area contributed by atoms with Gasteiger partial charge in [-0.05, 0) is 36.4 Å². The Bertz CT molecular complexity index is 741. The fraction of sp³-hybridized carbons (Fsp3) is 0.235. The molecular formula is C17H16BrF2NO4. The summed E-state index contributed by atoms with van der Waals surface area (Å²) in [6.07, 6.45) is 1.44. The maximum atomic E-state index is 12.3. The average Bonchev–Trinajstić information content (AvgIpc) is 2.59. The molecule has 0 atom stereocenters. The zero-order chi connectivity index (χ0) is 18.2. The lowest BCUT2D eigenvalue weighted by molar-refractivity contribution is -0.0512. The van der Waals surface area contributed by atoms with Crippen molar-refractivity contribution in [2.75, 3.05) is 14.2 Å². The first-order valence-corrected chi connectivity index (χ1v) is 7.93. The van der Waals surface area contributed by atoms with Crippen molar-refractivity contribution >= 4 is 22.1 Å². The van der Waals surface area contributed by atoms with Gasteiger partial charge in [-0.15, -0.1) is 0 Å². The van der Waals surface area contributed by atoms with E-state index in [1.807, 2.05) is 18.2 Å². The van der Waals surface area contributed by atoms with Gasteiger partial charge in [0.25, 0.3) is 0 Å². The molecule has 0 heterocycles. The van der Waals surface area contributed by atoms with Gasteiger partial charge >= 0.3 is 6.61 Å². The zero-order valence-corrected chi connectivity index (χ0v) is 15.1. The van der Waals surface area contributed by atoms with E-state index in [9.17, 15) is 8.78 Å². The normalized spacial score (nSPS) is 11.0. The molecule has 0 radical (unpaired) electrons. The van der Waals surface area contributed by atoms with Crippen molar-refractivity contribution in [1.29, 1.82) is 0 Å². The van der Waals surface area contributed by atoms with E-state index < -0.39 is 6.61 Å². The third-order valence-corrected chi connectivity index (χ3v) is 3.64. The monoisotopic (exact) mass is 415 g/mol. The van der Waals surface area contributed by atoms with Crippen LogP contribution in [-0.2, 0) is 11.4 Å². The Labute approximate surface area is 152 Å². The molecule has 2 aromatic rings. The van der Waals surface area contributed by atoms with Crippen LogP contribution in [0.2, 0.25) is 0 Å². The SMILES string of the molecule is COc1ccc(Br)cc1CO/N=C/c1ccc(OC(F)F)c(OC)c1. The number of oxime groups is 1. The van der Waals surface area contributed by atoms with Gasteiger partial charge in [-0.1, -0.05) is 21.1 Å². The van der Waals surface area contributed by atoms with E-state index in [1.165, 1.54) is 25.5 Å². The largest absolute Gasteiger partial charge is 0.496 e. The fourth-order valence-electron chi connectivity index (χ4n) is 2.02. The predicted octanol–water partition coefficient (Wildman–Crippen LogP) is 4.62.